The van der Waals surface area contributed by atoms with E-state index in [9.17, 15) is 22.4 Å². The number of methoxy groups -OCH3 is 1. The minimum Gasteiger partial charge on any atom is -0.493 e. The zero-order valence-corrected chi connectivity index (χ0v) is 14.8. The molecular weight excluding hydrogens is 386 g/mol. The van der Waals surface area contributed by atoms with Crippen LogP contribution in [0.1, 0.15) is 5.56 Å². The van der Waals surface area contributed by atoms with Crippen LogP contribution in [0, 0.1) is 0 Å². The predicted octanol–water partition coefficient (Wildman–Crippen LogP) is 5.26. The molecule has 0 bridgehead atoms. The summed E-state index contributed by atoms with van der Waals surface area (Å²) in [6.45, 7) is -3.06. The minimum absolute atomic E-state index is 0.0922. The van der Waals surface area contributed by atoms with Crippen LogP contribution in [0.4, 0.5) is 23.2 Å². The highest BCUT2D eigenvalue weighted by molar-refractivity contribution is 7.99. The number of ether oxygens (including phenoxy) is 2. The van der Waals surface area contributed by atoms with Gasteiger partial charge in [0.1, 0.15) is 0 Å². The zero-order valence-electron chi connectivity index (χ0n) is 14.0. The number of anilines is 1. The fraction of sp³-hybridized carbons (Fsp3) is 0.167. The van der Waals surface area contributed by atoms with E-state index < -0.39 is 18.3 Å². The molecule has 4 nitrogen and oxygen atoms in total. The van der Waals surface area contributed by atoms with Crippen molar-refractivity contribution < 1.29 is 31.8 Å². The SMILES string of the molecule is COc1cccc(C=CC(=O)Nc2cccc(SC(F)F)c2)c1OC(F)F. The number of amides is 1. The lowest BCUT2D eigenvalue weighted by molar-refractivity contribution is -0.111. The summed E-state index contributed by atoms with van der Waals surface area (Å²) >= 11 is 0.358. The fourth-order valence-corrected chi connectivity index (χ4v) is 2.70. The van der Waals surface area contributed by atoms with Crippen LogP contribution < -0.4 is 14.8 Å². The van der Waals surface area contributed by atoms with Crippen molar-refractivity contribution in [2.45, 2.75) is 17.3 Å². The average Bonchev–Trinajstić information content (AvgIpc) is 2.60. The number of carbonyl (C=O) groups excluding carboxylic acids is 1. The molecule has 2 aromatic carbocycles. The number of rotatable bonds is 8. The lowest BCUT2D eigenvalue weighted by Gasteiger charge is -2.12. The molecule has 0 unspecified atom stereocenters. The molecule has 1 amide bonds. The van der Waals surface area contributed by atoms with Crippen LogP contribution in [-0.4, -0.2) is 25.4 Å². The third-order valence-electron chi connectivity index (χ3n) is 3.18. The molecule has 9 heteroatoms. The minimum atomic E-state index is -3.06. The molecule has 0 fully saturated rings. The van der Waals surface area contributed by atoms with Crippen molar-refractivity contribution in [2.75, 3.05) is 12.4 Å². The van der Waals surface area contributed by atoms with E-state index in [-0.39, 0.29) is 17.1 Å². The van der Waals surface area contributed by atoms with E-state index in [4.69, 9.17) is 4.74 Å². The molecule has 0 aliphatic heterocycles. The normalized spacial score (nSPS) is 11.2. The summed E-state index contributed by atoms with van der Waals surface area (Å²) in [5.74, 6) is -3.25. The van der Waals surface area contributed by atoms with Gasteiger partial charge in [0.2, 0.25) is 5.91 Å². The van der Waals surface area contributed by atoms with Gasteiger partial charge in [0, 0.05) is 22.2 Å². The van der Waals surface area contributed by atoms with Gasteiger partial charge in [0.15, 0.2) is 11.5 Å². The van der Waals surface area contributed by atoms with Gasteiger partial charge in [-0.15, -0.1) is 0 Å². The van der Waals surface area contributed by atoms with Gasteiger partial charge in [-0.1, -0.05) is 30.0 Å². The zero-order chi connectivity index (χ0) is 19.8. The number of thioether (sulfide) groups is 1. The second kappa shape index (κ2) is 9.86. The van der Waals surface area contributed by atoms with Crippen molar-refractivity contribution >= 4 is 29.4 Å². The molecule has 0 aliphatic carbocycles. The van der Waals surface area contributed by atoms with Gasteiger partial charge in [0.05, 0.1) is 7.11 Å². The second-order valence-corrected chi connectivity index (χ2v) is 6.05. The fourth-order valence-electron chi connectivity index (χ4n) is 2.14. The Kier molecular flexibility index (Phi) is 7.54. The summed E-state index contributed by atoms with van der Waals surface area (Å²) in [4.78, 5) is 12.3. The third kappa shape index (κ3) is 6.52. The smallest absolute Gasteiger partial charge is 0.387 e. The van der Waals surface area contributed by atoms with Gasteiger partial charge in [-0.05, 0) is 30.3 Å². The molecular formula is C18H15F4NO3S. The molecule has 0 aromatic heterocycles. The van der Waals surface area contributed by atoms with Crippen LogP contribution in [-0.2, 0) is 4.79 Å². The molecule has 0 aliphatic rings. The highest BCUT2D eigenvalue weighted by Crippen LogP contribution is 2.33. The summed E-state index contributed by atoms with van der Waals surface area (Å²) in [5.41, 5.74) is 0.539. The van der Waals surface area contributed by atoms with Gasteiger partial charge in [-0.3, -0.25) is 4.79 Å². The van der Waals surface area contributed by atoms with Crippen LogP contribution in [0.15, 0.2) is 53.4 Å². The first-order chi connectivity index (χ1) is 12.9. The highest BCUT2D eigenvalue weighted by atomic mass is 32.2. The molecule has 27 heavy (non-hydrogen) atoms. The van der Waals surface area contributed by atoms with Gasteiger partial charge in [0.25, 0.3) is 5.76 Å². The van der Waals surface area contributed by atoms with Crippen molar-refractivity contribution in [3.63, 3.8) is 0 Å². The van der Waals surface area contributed by atoms with Crippen molar-refractivity contribution in [3.05, 3.63) is 54.1 Å². The van der Waals surface area contributed by atoms with E-state index in [0.717, 1.165) is 6.08 Å². The molecule has 2 aromatic rings. The maximum atomic E-state index is 12.6. The Morgan fingerprint density at radius 1 is 1.15 bits per heavy atom. The molecule has 0 atom stereocenters. The maximum absolute atomic E-state index is 12.6. The first kappa shape index (κ1) is 20.6. The summed E-state index contributed by atoms with van der Waals surface area (Å²) < 4.78 is 59.4. The third-order valence-corrected chi connectivity index (χ3v) is 3.88. The van der Waals surface area contributed by atoms with E-state index in [1.165, 1.54) is 49.6 Å². The van der Waals surface area contributed by atoms with E-state index in [1.807, 2.05) is 0 Å². The van der Waals surface area contributed by atoms with E-state index in [1.54, 1.807) is 6.07 Å². The summed E-state index contributed by atoms with van der Waals surface area (Å²) in [7, 11) is 1.30. The molecule has 0 spiro atoms. The van der Waals surface area contributed by atoms with Gasteiger partial charge in [-0.2, -0.15) is 17.6 Å². The first-order valence-electron chi connectivity index (χ1n) is 7.55. The first-order valence-corrected chi connectivity index (χ1v) is 8.42. The molecule has 0 saturated heterocycles. The number of hydrogen-bond acceptors (Lipinski definition) is 4. The maximum Gasteiger partial charge on any atom is 0.387 e. The van der Waals surface area contributed by atoms with Crippen molar-refractivity contribution in [1.82, 2.24) is 0 Å². The van der Waals surface area contributed by atoms with Crippen molar-refractivity contribution in [3.8, 4) is 11.5 Å². The van der Waals surface area contributed by atoms with E-state index in [0.29, 0.717) is 22.3 Å². The Morgan fingerprint density at radius 3 is 2.56 bits per heavy atom. The van der Waals surface area contributed by atoms with Crippen LogP contribution >= 0.6 is 11.8 Å². The Balaban J connectivity index is 2.13. The molecule has 0 saturated carbocycles. The largest absolute Gasteiger partial charge is 0.493 e. The monoisotopic (exact) mass is 401 g/mol. The number of hydrogen-bond donors (Lipinski definition) is 1. The van der Waals surface area contributed by atoms with Crippen molar-refractivity contribution in [1.29, 1.82) is 0 Å². The Hall–Kier alpha value is -2.68. The number of para-hydroxylation sites is 1. The lowest BCUT2D eigenvalue weighted by Crippen LogP contribution is -2.08. The molecule has 144 valence electrons. The Morgan fingerprint density at radius 2 is 1.89 bits per heavy atom. The van der Waals surface area contributed by atoms with Crippen LogP contribution in [0.25, 0.3) is 6.08 Å². The summed E-state index contributed by atoms with van der Waals surface area (Å²) in [6, 6.07) is 10.4. The molecule has 1 N–H and O–H groups in total. The van der Waals surface area contributed by atoms with Gasteiger partial charge >= 0.3 is 6.61 Å². The van der Waals surface area contributed by atoms with Crippen LogP contribution in [0.3, 0.4) is 0 Å². The predicted molar refractivity (Wildman–Crippen MR) is 95.6 cm³/mol. The highest BCUT2D eigenvalue weighted by Gasteiger charge is 2.14. The van der Waals surface area contributed by atoms with Crippen molar-refractivity contribution in [2.24, 2.45) is 0 Å². The lowest BCUT2D eigenvalue weighted by atomic mass is 10.1. The van der Waals surface area contributed by atoms with Gasteiger partial charge < -0.3 is 14.8 Å². The number of halogens is 4. The number of alkyl halides is 4. The van der Waals surface area contributed by atoms with E-state index >= 15 is 0 Å². The summed E-state index contributed by atoms with van der Waals surface area (Å²) in [5, 5.41) is 2.51. The second-order valence-electron chi connectivity index (χ2n) is 4.99. The quantitative estimate of drug-likeness (QED) is 0.372. The molecule has 0 radical (unpaired) electrons. The van der Waals surface area contributed by atoms with Gasteiger partial charge in [-0.25, -0.2) is 0 Å². The topological polar surface area (TPSA) is 47.6 Å². The standard InChI is InChI=1S/C18H15F4NO3S/c1-25-14-7-2-4-11(16(14)26-17(19)20)8-9-15(24)23-12-5-3-6-13(10-12)27-18(21)22/h2-10,17-18H,1H3,(H,23,24). The van der Waals surface area contributed by atoms with E-state index in [2.05, 4.69) is 10.1 Å². The Bertz CT molecular complexity index is 815. The van der Waals surface area contributed by atoms with Crippen LogP contribution in [0.2, 0.25) is 0 Å². The number of nitrogens with one attached hydrogen (secondary N) is 1. The number of benzene rings is 2. The molecule has 2 rings (SSSR count). The number of carbonyl (C=O) groups is 1. The average molecular weight is 401 g/mol. The molecule has 0 heterocycles. The van der Waals surface area contributed by atoms with Crippen LogP contribution in [0.5, 0.6) is 11.5 Å². The Labute approximate surface area is 157 Å². The summed E-state index contributed by atoms with van der Waals surface area (Å²) in [6.07, 6.45) is 2.40.